The Bertz CT molecular complexity index is 892. The first-order chi connectivity index (χ1) is 12.6. The second-order valence-electron chi connectivity index (χ2n) is 5.69. The molecule has 0 aliphatic heterocycles. The molecule has 4 nitrogen and oxygen atoms in total. The Morgan fingerprint density at radius 1 is 0.923 bits per heavy atom. The third-order valence-electron chi connectivity index (χ3n) is 3.70. The molecule has 132 valence electrons. The molecule has 0 saturated carbocycles. The van der Waals surface area contributed by atoms with E-state index in [1.54, 1.807) is 42.5 Å². The van der Waals surface area contributed by atoms with Gasteiger partial charge in [-0.1, -0.05) is 24.3 Å². The van der Waals surface area contributed by atoms with E-state index in [0.717, 1.165) is 5.56 Å². The lowest BCUT2D eigenvalue weighted by molar-refractivity contribution is -0.116. The average molecular weight is 368 g/mol. The van der Waals surface area contributed by atoms with Crippen LogP contribution in [0.3, 0.4) is 0 Å². The van der Waals surface area contributed by atoms with Gasteiger partial charge in [0.1, 0.15) is 5.82 Å². The number of nitrogens with one attached hydrogen (secondary N) is 2. The Hall–Kier alpha value is -2.99. The maximum Gasteiger partial charge on any atom is 0.265 e. The van der Waals surface area contributed by atoms with Crippen LogP contribution in [0.25, 0.3) is 0 Å². The number of benzene rings is 2. The molecule has 0 spiro atoms. The molecule has 0 fully saturated rings. The second-order valence-corrected chi connectivity index (χ2v) is 6.63. The summed E-state index contributed by atoms with van der Waals surface area (Å²) in [5, 5.41) is 7.46. The first kappa shape index (κ1) is 17.8. The van der Waals surface area contributed by atoms with Crippen molar-refractivity contribution in [2.75, 3.05) is 10.6 Å². The highest BCUT2D eigenvalue weighted by Gasteiger charge is 2.08. The molecule has 3 aromatic rings. The van der Waals surface area contributed by atoms with Crippen molar-refractivity contribution in [3.05, 3.63) is 82.3 Å². The number of amides is 2. The van der Waals surface area contributed by atoms with Gasteiger partial charge in [0.15, 0.2) is 0 Å². The normalized spacial score (nSPS) is 10.3. The summed E-state index contributed by atoms with van der Waals surface area (Å²) < 4.78 is 12.9. The molecular weight excluding hydrogens is 351 g/mol. The summed E-state index contributed by atoms with van der Waals surface area (Å²) in [4.78, 5) is 24.8. The van der Waals surface area contributed by atoms with E-state index in [1.165, 1.54) is 23.5 Å². The third-order valence-corrected chi connectivity index (χ3v) is 4.57. The molecule has 26 heavy (non-hydrogen) atoms. The molecule has 2 aromatic carbocycles. The zero-order valence-electron chi connectivity index (χ0n) is 13.9. The molecule has 0 saturated heterocycles. The van der Waals surface area contributed by atoms with Crippen molar-refractivity contribution in [3.63, 3.8) is 0 Å². The van der Waals surface area contributed by atoms with Gasteiger partial charge in [-0.05, 0) is 53.8 Å². The zero-order chi connectivity index (χ0) is 18.4. The number of thiophene rings is 1. The fourth-order valence-electron chi connectivity index (χ4n) is 2.41. The molecule has 0 bridgehead atoms. The predicted molar refractivity (Wildman–Crippen MR) is 102 cm³/mol. The lowest BCUT2D eigenvalue weighted by atomic mass is 10.1. The summed E-state index contributed by atoms with van der Waals surface area (Å²) in [6.45, 7) is 0. The fraction of sp³-hybridized carbons (Fsp3) is 0.100. The molecule has 2 N–H and O–H groups in total. The number of anilines is 2. The minimum atomic E-state index is -0.292. The smallest absolute Gasteiger partial charge is 0.265 e. The van der Waals surface area contributed by atoms with E-state index < -0.39 is 0 Å². The summed E-state index contributed by atoms with van der Waals surface area (Å²) in [7, 11) is 0. The molecule has 0 radical (unpaired) electrons. The van der Waals surface area contributed by atoms with E-state index in [0.29, 0.717) is 22.7 Å². The van der Waals surface area contributed by atoms with Gasteiger partial charge in [-0.2, -0.15) is 0 Å². The molecule has 0 unspecified atom stereocenters. The van der Waals surface area contributed by atoms with Crippen LogP contribution in [0, 0.1) is 5.82 Å². The molecule has 0 atom stereocenters. The molecule has 1 aromatic heterocycles. The molecule has 3 rings (SSSR count). The van der Waals surface area contributed by atoms with Gasteiger partial charge in [0.05, 0.1) is 4.88 Å². The maximum absolute atomic E-state index is 12.9. The van der Waals surface area contributed by atoms with Crippen molar-refractivity contribution in [2.24, 2.45) is 0 Å². The standard InChI is InChI=1S/C20H17FN2O2S/c21-15-9-6-14(7-10-15)8-11-19(24)22-16-3-1-4-17(13-16)23-20(25)18-5-2-12-26-18/h1-7,9-10,12-13H,8,11H2,(H,22,24)(H,23,25). The Kier molecular flexibility index (Phi) is 5.76. The van der Waals surface area contributed by atoms with E-state index in [1.807, 2.05) is 11.4 Å². The summed E-state index contributed by atoms with van der Waals surface area (Å²) in [6.07, 6.45) is 0.818. The van der Waals surface area contributed by atoms with E-state index in [2.05, 4.69) is 10.6 Å². The predicted octanol–water partition coefficient (Wildman–Crippen LogP) is 4.71. The first-order valence-electron chi connectivity index (χ1n) is 8.09. The van der Waals surface area contributed by atoms with Crippen LogP contribution in [0.5, 0.6) is 0 Å². The molecule has 6 heteroatoms. The lowest BCUT2D eigenvalue weighted by Crippen LogP contribution is -2.13. The van der Waals surface area contributed by atoms with Gasteiger partial charge in [0.25, 0.3) is 5.91 Å². The van der Waals surface area contributed by atoms with Crippen LogP contribution in [0.15, 0.2) is 66.0 Å². The van der Waals surface area contributed by atoms with E-state index in [9.17, 15) is 14.0 Å². The highest BCUT2D eigenvalue weighted by molar-refractivity contribution is 7.12. The summed E-state index contributed by atoms with van der Waals surface area (Å²) in [5.41, 5.74) is 2.12. The van der Waals surface area contributed by atoms with Crippen LogP contribution in [-0.2, 0) is 11.2 Å². The Morgan fingerprint density at radius 2 is 1.65 bits per heavy atom. The SMILES string of the molecule is O=C(CCc1ccc(F)cc1)Nc1cccc(NC(=O)c2cccs2)c1. The largest absolute Gasteiger partial charge is 0.326 e. The van der Waals surface area contributed by atoms with Crippen molar-refractivity contribution in [2.45, 2.75) is 12.8 Å². The molecule has 0 aliphatic carbocycles. The lowest BCUT2D eigenvalue weighted by Gasteiger charge is -2.08. The molecule has 1 heterocycles. The Balaban J connectivity index is 1.55. The third kappa shape index (κ3) is 5.00. The van der Waals surface area contributed by atoms with Gasteiger partial charge in [-0.15, -0.1) is 11.3 Å². The highest BCUT2D eigenvalue weighted by Crippen LogP contribution is 2.18. The molecular formula is C20H17FN2O2S. The average Bonchev–Trinajstić information content (AvgIpc) is 3.16. The number of hydrogen-bond acceptors (Lipinski definition) is 3. The van der Waals surface area contributed by atoms with Crippen molar-refractivity contribution in [1.29, 1.82) is 0 Å². The fourth-order valence-corrected chi connectivity index (χ4v) is 3.03. The highest BCUT2D eigenvalue weighted by atomic mass is 32.1. The van der Waals surface area contributed by atoms with Crippen LogP contribution in [0.2, 0.25) is 0 Å². The van der Waals surface area contributed by atoms with Crippen molar-refractivity contribution in [3.8, 4) is 0 Å². The van der Waals surface area contributed by atoms with Crippen LogP contribution in [0.4, 0.5) is 15.8 Å². The number of halogens is 1. The number of hydrogen-bond donors (Lipinski definition) is 2. The van der Waals surface area contributed by atoms with Gasteiger partial charge in [0, 0.05) is 17.8 Å². The van der Waals surface area contributed by atoms with Crippen molar-refractivity contribution in [1.82, 2.24) is 0 Å². The zero-order valence-corrected chi connectivity index (χ0v) is 14.7. The number of rotatable bonds is 6. The van der Waals surface area contributed by atoms with Crippen LogP contribution in [0.1, 0.15) is 21.7 Å². The number of carbonyl (C=O) groups excluding carboxylic acids is 2. The second kappa shape index (κ2) is 8.40. The minimum Gasteiger partial charge on any atom is -0.326 e. The van der Waals surface area contributed by atoms with E-state index in [-0.39, 0.29) is 24.1 Å². The van der Waals surface area contributed by atoms with Crippen molar-refractivity contribution >= 4 is 34.5 Å². The summed E-state index contributed by atoms with van der Waals surface area (Å²) in [6, 6.07) is 16.7. The van der Waals surface area contributed by atoms with E-state index >= 15 is 0 Å². The van der Waals surface area contributed by atoms with Crippen LogP contribution < -0.4 is 10.6 Å². The topological polar surface area (TPSA) is 58.2 Å². The van der Waals surface area contributed by atoms with Crippen LogP contribution >= 0.6 is 11.3 Å². The Morgan fingerprint density at radius 3 is 2.35 bits per heavy atom. The van der Waals surface area contributed by atoms with Gasteiger partial charge < -0.3 is 10.6 Å². The van der Waals surface area contributed by atoms with Gasteiger partial charge in [-0.25, -0.2) is 4.39 Å². The minimum absolute atomic E-state index is 0.143. The monoisotopic (exact) mass is 368 g/mol. The summed E-state index contributed by atoms with van der Waals surface area (Å²) >= 11 is 1.37. The molecule has 2 amide bonds. The Labute approximate surface area is 154 Å². The van der Waals surface area contributed by atoms with Crippen LogP contribution in [-0.4, -0.2) is 11.8 Å². The van der Waals surface area contributed by atoms with E-state index in [4.69, 9.17) is 0 Å². The van der Waals surface area contributed by atoms with Gasteiger partial charge in [-0.3, -0.25) is 9.59 Å². The molecule has 0 aliphatic rings. The number of aryl methyl sites for hydroxylation is 1. The summed E-state index contributed by atoms with van der Waals surface area (Å²) in [5.74, 6) is -0.615. The van der Waals surface area contributed by atoms with Gasteiger partial charge >= 0.3 is 0 Å². The van der Waals surface area contributed by atoms with Crippen molar-refractivity contribution < 1.29 is 14.0 Å². The first-order valence-corrected chi connectivity index (χ1v) is 8.97. The maximum atomic E-state index is 12.9. The van der Waals surface area contributed by atoms with Gasteiger partial charge in [0.2, 0.25) is 5.91 Å². The quantitative estimate of drug-likeness (QED) is 0.662. The number of carbonyl (C=O) groups is 2.